The van der Waals surface area contributed by atoms with Crippen molar-refractivity contribution in [3.8, 4) is 17.1 Å². The van der Waals surface area contributed by atoms with E-state index in [2.05, 4.69) is 32.3 Å². The number of hydrogen-bond donors (Lipinski definition) is 2. The summed E-state index contributed by atoms with van der Waals surface area (Å²) in [6.07, 6.45) is 2.79. The van der Waals surface area contributed by atoms with Gasteiger partial charge in [0.05, 0.1) is 35.8 Å². The second-order valence-corrected chi connectivity index (χ2v) is 8.72. The van der Waals surface area contributed by atoms with E-state index in [9.17, 15) is 9.18 Å². The Bertz CT molecular complexity index is 1440. The number of carbonyl (C=O) groups is 1. The number of pyridine rings is 1. The van der Waals surface area contributed by atoms with E-state index >= 15 is 0 Å². The summed E-state index contributed by atoms with van der Waals surface area (Å²) in [5, 5.41) is 10.9. The van der Waals surface area contributed by atoms with E-state index in [0.29, 0.717) is 45.2 Å². The summed E-state index contributed by atoms with van der Waals surface area (Å²) in [6.45, 7) is 5.11. The molecule has 0 spiro atoms. The lowest BCUT2D eigenvalue weighted by atomic mass is 10.1. The smallest absolute Gasteiger partial charge is 0.247 e. The molecule has 0 bridgehead atoms. The second kappa shape index (κ2) is 11.1. The molecule has 0 aliphatic rings. The first-order valence-electron chi connectivity index (χ1n) is 11.6. The van der Waals surface area contributed by atoms with Gasteiger partial charge in [-0.1, -0.05) is 23.9 Å². The lowest BCUT2D eigenvalue weighted by Gasteiger charge is -2.26. The summed E-state index contributed by atoms with van der Waals surface area (Å²) in [7, 11) is 7.52. The van der Waals surface area contributed by atoms with Gasteiger partial charge in [0.15, 0.2) is 5.76 Å². The number of fused-ring (bicyclic) bond motifs is 1. The highest BCUT2D eigenvalue weighted by atomic mass is 19.1. The van der Waals surface area contributed by atoms with Gasteiger partial charge in [0.1, 0.15) is 22.9 Å². The van der Waals surface area contributed by atoms with Crippen molar-refractivity contribution in [2.45, 2.75) is 0 Å². The van der Waals surface area contributed by atoms with Crippen molar-refractivity contribution in [1.29, 1.82) is 0 Å². The first kappa shape index (κ1) is 25.6. The molecular weight excluding hydrogens is 475 g/mol. The Balaban J connectivity index is 1.72. The fraction of sp³-hybridized carbons (Fsp3) is 0.222. The summed E-state index contributed by atoms with van der Waals surface area (Å²) in [5.41, 5.74) is 3.06. The maximum atomic E-state index is 13.8. The molecule has 0 saturated carbocycles. The van der Waals surface area contributed by atoms with Crippen molar-refractivity contribution < 1.29 is 18.4 Å². The summed E-state index contributed by atoms with van der Waals surface area (Å²) >= 11 is 0. The molecule has 2 aromatic heterocycles. The molecule has 4 aromatic rings. The Kier molecular flexibility index (Phi) is 7.69. The van der Waals surface area contributed by atoms with Gasteiger partial charge in [-0.25, -0.2) is 9.37 Å². The van der Waals surface area contributed by atoms with Crippen molar-refractivity contribution in [2.24, 2.45) is 0 Å². The van der Waals surface area contributed by atoms with Crippen LogP contribution < -0.4 is 20.3 Å². The van der Waals surface area contributed by atoms with Crippen molar-refractivity contribution in [3.05, 3.63) is 67.1 Å². The number of nitrogens with one attached hydrogen (secondary N) is 2. The van der Waals surface area contributed by atoms with Gasteiger partial charge in [-0.2, -0.15) is 0 Å². The van der Waals surface area contributed by atoms with Crippen LogP contribution in [-0.2, 0) is 4.79 Å². The SMILES string of the molecule is C=CC(=O)Nc1cc(Nc2cc3c(-c4cccc(F)c4)onc3cn2)c(OC)cc1N(C)CCN(C)C. The molecule has 0 radical (unpaired) electrons. The number of hydrogen-bond acceptors (Lipinski definition) is 8. The molecule has 0 aliphatic heterocycles. The van der Waals surface area contributed by atoms with E-state index in [1.54, 1.807) is 37.6 Å². The lowest BCUT2D eigenvalue weighted by Crippen LogP contribution is -2.29. The molecule has 2 N–H and O–H groups in total. The van der Waals surface area contributed by atoms with Gasteiger partial charge in [0, 0.05) is 31.8 Å². The molecule has 0 saturated heterocycles. The summed E-state index contributed by atoms with van der Waals surface area (Å²) < 4.78 is 25.0. The van der Waals surface area contributed by atoms with Crippen LogP contribution in [0.4, 0.5) is 27.3 Å². The van der Waals surface area contributed by atoms with Crippen LogP contribution in [-0.4, -0.2) is 62.3 Å². The van der Waals surface area contributed by atoms with Crippen LogP contribution in [0.15, 0.2) is 65.8 Å². The molecular formula is C27H29FN6O3. The third-order valence-electron chi connectivity index (χ3n) is 5.77. The zero-order chi connectivity index (χ0) is 26.5. The molecule has 0 aliphatic carbocycles. The number of carbonyl (C=O) groups excluding carboxylic acids is 1. The number of benzene rings is 2. The van der Waals surface area contributed by atoms with Crippen LogP contribution in [0.3, 0.4) is 0 Å². The average molecular weight is 505 g/mol. The molecule has 192 valence electrons. The summed E-state index contributed by atoms with van der Waals surface area (Å²) in [4.78, 5) is 20.7. The van der Waals surface area contributed by atoms with Crippen molar-refractivity contribution in [2.75, 3.05) is 56.9 Å². The molecule has 0 fully saturated rings. The molecule has 1 amide bonds. The predicted molar refractivity (Wildman–Crippen MR) is 144 cm³/mol. The molecule has 2 aromatic carbocycles. The van der Waals surface area contributed by atoms with Gasteiger partial charge in [0.2, 0.25) is 5.91 Å². The van der Waals surface area contributed by atoms with E-state index in [1.165, 1.54) is 18.2 Å². The predicted octanol–water partition coefficient (Wildman–Crippen LogP) is 4.90. The number of amides is 1. The summed E-state index contributed by atoms with van der Waals surface area (Å²) in [5.74, 6) is 0.775. The van der Waals surface area contributed by atoms with Crippen LogP contribution in [0.5, 0.6) is 5.75 Å². The molecule has 37 heavy (non-hydrogen) atoms. The van der Waals surface area contributed by atoms with Crippen LogP contribution in [0.2, 0.25) is 0 Å². The van der Waals surface area contributed by atoms with Gasteiger partial charge < -0.3 is 29.7 Å². The minimum Gasteiger partial charge on any atom is -0.494 e. The van der Waals surface area contributed by atoms with Gasteiger partial charge in [-0.3, -0.25) is 4.79 Å². The minimum atomic E-state index is -0.371. The maximum Gasteiger partial charge on any atom is 0.247 e. The highest BCUT2D eigenvalue weighted by Crippen LogP contribution is 2.39. The topological polar surface area (TPSA) is 95.8 Å². The zero-order valence-electron chi connectivity index (χ0n) is 21.2. The third kappa shape index (κ3) is 5.87. The molecule has 10 heteroatoms. The standard InChI is InChI=1S/C27H29FN6O3/c1-6-26(35)31-20-14-21(24(36-5)15-23(20)34(4)11-10-33(2)3)30-25-13-19-22(16-29-25)32-37-27(19)17-8-7-9-18(28)12-17/h6-9,12-16,30H,1,10-11H2,2-5H3,(H,31,35). The minimum absolute atomic E-state index is 0.331. The largest absolute Gasteiger partial charge is 0.494 e. The quantitative estimate of drug-likeness (QED) is 0.295. The van der Waals surface area contributed by atoms with Gasteiger partial charge in [0.25, 0.3) is 0 Å². The molecule has 2 heterocycles. The van der Waals surface area contributed by atoms with E-state index in [4.69, 9.17) is 9.26 Å². The maximum absolute atomic E-state index is 13.8. The fourth-order valence-electron chi connectivity index (χ4n) is 3.80. The normalized spacial score (nSPS) is 11.0. The van der Waals surface area contributed by atoms with Crippen LogP contribution in [0.25, 0.3) is 22.2 Å². The number of aromatic nitrogens is 2. The number of rotatable bonds is 10. The fourth-order valence-corrected chi connectivity index (χ4v) is 3.80. The van der Waals surface area contributed by atoms with Gasteiger partial charge >= 0.3 is 0 Å². The Morgan fingerprint density at radius 3 is 2.68 bits per heavy atom. The van der Waals surface area contributed by atoms with E-state index in [-0.39, 0.29) is 11.7 Å². The number of nitrogens with zero attached hydrogens (tertiary/aromatic N) is 4. The Morgan fingerprint density at radius 2 is 1.97 bits per heavy atom. The Hall–Kier alpha value is -4.44. The van der Waals surface area contributed by atoms with Crippen molar-refractivity contribution >= 4 is 39.7 Å². The highest BCUT2D eigenvalue weighted by Gasteiger charge is 2.18. The van der Waals surface area contributed by atoms with Crippen molar-refractivity contribution in [3.63, 3.8) is 0 Å². The van der Waals surface area contributed by atoms with Gasteiger partial charge in [-0.15, -0.1) is 0 Å². The number of methoxy groups -OCH3 is 1. The van der Waals surface area contributed by atoms with Crippen LogP contribution >= 0.6 is 0 Å². The van der Waals surface area contributed by atoms with E-state index in [0.717, 1.165) is 18.8 Å². The lowest BCUT2D eigenvalue weighted by molar-refractivity contribution is -0.111. The van der Waals surface area contributed by atoms with Crippen LogP contribution in [0.1, 0.15) is 0 Å². The average Bonchev–Trinajstić information content (AvgIpc) is 3.30. The molecule has 0 atom stereocenters. The molecule has 0 unspecified atom stereocenters. The molecule has 9 nitrogen and oxygen atoms in total. The highest BCUT2D eigenvalue weighted by molar-refractivity contribution is 6.02. The van der Waals surface area contributed by atoms with Gasteiger partial charge in [-0.05, 0) is 44.4 Å². The van der Waals surface area contributed by atoms with E-state index in [1.807, 2.05) is 32.1 Å². The Labute approximate surface area is 214 Å². The first-order valence-corrected chi connectivity index (χ1v) is 11.6. The van der Waals surface area contributed by atoms with Crippen molar-refractivity contribution in [1.82, 2.24) is 15.0 Å². The molecule has 4 rings (SSSR count). The number of likely N-dealkylation sites (N-methyl/N-ethyl adjacent to an activating group) is 2. The number of halogens is 1. The number of ether oxygens (including phenoxy) is 1. The first-order chi connectivity index (χ1) is 17.8. The zero-order valence-corrected chi connectivity index (χ0v) is 21.2. The third-order valence-corrected chi connectivity index (χ3v) is 5.77. The monoisotopic (exact) mass is 504 g/mol. The van der Waals surface area contributed by atoms with Crippen LogP contribution in [0, 0.1) is 5.82 Å². The number of anilines is 4. The summed E-state index contributed by atoms with van der Waals surface area (Å²) in [6, 6.07) is 11.5. The second-order valence-electron chi connectivity index (χ2n) is 8.72. The Morgan fingerprint density at radius 1 is 1.16 bits per heavy atom. The van der Waals surface area contributed by atoms with E-state index < -0.39 is 0 Å².